The summed E-state index contributed by atoms with van der Waals surface area (Å²) in [5.41, 5.74) is 5.14. The van der Waals surface area contributed by atoms with Crippen LogP contribution in [0.15, 0.2) is 48.5 Å². The Kier molecular flexibility index (Phi) is 3.89. The van der Waals surface area contributed by atoms with Crippen LogP contribution in [0.25, 0.3) is 0 Å². The molecule has 2 aromatic carbocycles. The fourth-order valence-corrected chi connectivity index (χ4v) is 4.21. The van der Waals surface area contributed by atoms with Gasteiger partial charge in [0.2, 0.25) is 5.91 Å². The van der Waals surface area contributed by atoms with E-state index in [0.717, 1.165) is 32.5 Å². The first kappa shape index (κ1) is 15.4. The molecule has 1 amide bonds. The van der Waals surface area contributed by atoms with Crippen molar-refractivity contribution in [3.63, 3.8) is 0 Å². The van der Waals surface area contributed by atoms with Gasteiger partial charge in [-0.1, -0.05) is 48.5 Å². The van der Waals surface area contributed by atoms with Gasteiger partial charge in [0.05, 0.1) is 12.0 Å². The van der Waals surface area contributed by atoms with Crippen LogP contribution in [0.1, 0.15) is 35.1 Å². The van der Waals surface area contributed by atoms with Crippen molar-refractivity contribution in [3.8, 4) is 0 Å². The molecule has 1 N–H and O–H groups in total. The smallest absolute Gasteiger partial charge is 0.225 e. The Morgan fingerprint density at radius 2 is 1.75 bits per heavy atom. The number of aryl methyl sites for hydroxylation is 1. The third-order valence-electron chi connectivity index (χ3n) is 5.63. The van der Waals surface area contributed by atoms with E-state index in [0.29, 0.717) is 6.42 Å². The molecule has 2 aliphatic rings. The lowest BCUT2D eigenvalue weighted by molar-refractivity contribution is -0.124. The molecular formula is C21H24N2O. The summed E-state index contributed by atoms with van der Waals surface area (Å²) in [7, 11) is 0. The monoisotopic (exact) mass is 320 g/mol. The Hall–Kier alpha value is -2.13. The molecule has 0 atom stereocenters. The number of rotatable bonds is 2. The summed E-state index contributed by atoms with van der Waals surface area (Å²) in [6.45, 7) is 5.21. The maximum atomic E-state index is 12.2. The first-order valence-electron chi connectivity index (χ1n) is 8.83. The minimum Gasteiger partial charge on any atom is -0.346 e. The quantitative estimate of drug-likeness (QED) is 0.922. The molecule has 1 saturated heterocycles. The molecule has 0 unspecified atom stereocenters. The molecule has 24 heavy (non-hydrogen) atoms. The average Bonchev–Trinajstić information content (AvgIpc) is 2.59. The summed E-state index contributed by atoms with van der Waals surface area (Å²) in [5, 5.41) is 3.32. The van der Waals surface area contributed by atoms with Crippen LogP contribution in [-0.2, 0) is 23.3 Å². The van der Waals surface area contributed by atoms with E-state index >= 15 is 0 Å². The molecule has 4 rings (SSSR count). The van der Waals surface area contributed by atoms with E-state index < -0.39 is 0 Å². The third-order valence-corrected chi connectivity index (χ3v) is 5.63. The van der Waals surface area contributed by atoms with Crippen molar-refractivity contribution in [2.75, 3.05) is 13.1 Å². The van der Waals surface area contributed by atoms with Crippen LogP contribution >= 0.6 is 0 Å². The van der Waals surface area contributed by atoms with Gasteiger partial charge in [0, 0.05) is 19.6 Å². The predicted octanol–water partition coefficient (Wildman–Crippen LogP) is 3.16. The van der Waals surface area contributed by atoms with Crippen LogP contribution in [0.3, 0.4) is 0 Å². The number of likely N-dealkylation sites (tertiary alicyclic amines) is 1. The van der Waals surface area contributed by atoms with Gasteiger partial charge in [-0.05, 0) is 42.0 Å². The SMILES string of the molecule is Cc1ccccc1CN1CCC2(CC1)NC(=O)Cc1ccccc12. The lowest BCUT2D eigenvalue weighted by Gasteiger charge is -2.45. The van der Waals surface area contributed by atoms with Gasteiger partial charge in [-0.15, -0.1) is 0 Å². The van der Waals surface area contributed by atoms with Crippen LogP contribution in [0, 0.1) is 6.92 Å². The van der Waals surface area contributed by atoms with Crippen molar-refractivity contribution >= 4 is 5.91 Å². The molecule has 2 heterocycles. The number of carbonyl (C=O) groups is 1. The maximum absolute atomic E-state index is 12.2. The number of hydrogen-bond acceptors (Lipinski definition) is 2. The highest BCUT2D eigenvalue weighted by Crippen LogP contribution is 2.38. The van der Waals surface area contributed by atoms with Crippen LogP contribution in [0.4, 0.5) is 0 Å². The maximum Gasteiger partial charge on any atom is 0.225 e. The normalized spacial score (nSPS) is 19.8. The molecule has 1 fully saturated rings. The number of hydrogen-bond donors (Lipinski definition) is 1. The van der Waals surface area contributed by atoms with E-state index in [1.165, 1.54) is 22.3 Å². The molecule has 0 aliphatic carbocycles. The molecule has 0 aromatic heterocycles. The summed E-state index contributed by atoms with van der Waals surface area (Å²) >= 11 is 0. The Labute approximate surface area is 143 Å². The second-order valence-corrected chi connectivity index (χ2v) is 7.17. The minimum absolute atomic E-state index is 0.159. The number of carbonyl (C=O) groups excluding carboxylic acids is 1. The summed E-state index contributed by atoms with van der Waals surface area (Å²) in [6, 6.07) is 17.1. The Bertz CT molecular complexity index is 760. The summed E-state index contributed by atoms with van der Waals surface area (Å²) in [4.78, 5) is 14.7. The van der Waals surface area contributed by atoms with Gasteiger partial charge >= 0.3 is 0 Å². The fraction of sp³-hybridized carbons (Fsp3) is 0.381. The van der Waals surface area contributed by atoms with Gasteiger partial charge in [0.1, 0.15) is 0 Å². The van der Waals surface area contributed by atoms with Gasteiger partial charge < -0.3 is 5.32 Å². The molecule has 0 radical (unpaired) electrons. The van der Waals surface area contributed by atoms with Gasteiger partial charge in [0.25, 0.3) is 0 Å². The Morgan fingerprint density at radius 3 is 2.54 bits per heavy atom. The molecule has 1 spiro atoms. The van der Waals surface area contributed by atoms with E-state index in [-0.39, 0.29) is 11.4 Å². The highest BCUT2D eigenvalue weighted by molar-refractivity contribution is 5.82. The standard InChI is InChI=1S/C21H24N2O/c1-16-6-2-3-8-18(16)15-23-12-10-21(11-13-23)19-9-5-4-7-17(19)14-20(24)22-21/h2-9H,10-15H2,1H3,(H,22,24). The van der Waals surface area contributed by atoms with Crippen molar-refractivity contribution in [2.45, 2.75) is 38.3 Å². The highest BCUT2D eigenvalue weighted by Gasteiger charge is 2.41. The van der Waals surface area contributed by atoms with E-state index in [1.54, 1.807) is 0 Å². The molecule has 2 aliphatic heterocycles. The van der Waals surface area contributed by atoms with E-state index in [1.807, 2.05) is 6.07 Å². The lowest BCUT2D eigenvalue weighted by Crippen LogP contribution is -2.56. The first-order valence-corrected chi connectivity index (χ1v) is 8.83. The van der Waals surface area contributed by atoms with Crippen LogP contribution < -0.4 is 5.32 Å². The zero-order valence-corrected chi connectivity index (χ0v) is 14.2. The molecule has 3 nitrogen and oxygen atoms in total. The molecule has 124 valence electrons. The fourth-order valence-electron chi connectivity index (χ4n) is 4.21. The zero-order valence-electron chi connectivity index (χ0n) is 14.2. The lowest BCUT2D eigenvalue weighted by atomic mass is 9.75. The van der Waals surface area contributed by atoms with Crippen molar-refractivity contribution < 1.29 is 4.79 Å². The number of piperidine rings is 1. The van der Waals surface area contributed by atoms with Crippen LogP contribution in [0.5, 0.6) is 0 Å². The third kappa shape index (κ3) is 2.73. The van der Waals surface area contributed by atoms with E-state index in [9.17, 15) is 4.79 Å². The van der Waals surface area contributed by atoms with Crippen molar-refractivity contribution in [1.29, 1.82) is 0 Å². The Morgan fingerprint density at radius 1 is 1.04 bits per heavy atom. The minimum atomic E-state index is -0.159. The van der Waals surface area contributed by atoms with Crippen LogP contribution in [-0.4, -0.2) is 23.9 Å². The van der Waals surface area contributed by atoms with Crippen molar-refractivity contribution in [3.05, 3.63) is 70.8 Å². The van der Waals surface area contributed by atoms with Crippen molar-refractivity contribution in [1.82, 2.24) is 10.2 Å². The topological polar surface area (TPSA) is 32.3 Å². The van der Waals surface area contributed by atoms with E-state index in [2.05, 4.69) is 59.6 Å². The molecule has 2 aromatic rings. The molecule has 0 bridgehead atoms. The van der Waals surface area contributed by atoms with Crippen LogP contribution in [0.2, 0.25) is 0 Å². The number of nitrogens with one attached hydrogen (secondary N) is 1. The van der Waals surface area contributed by atoms with E-state index in [4.69, 9.17) is 0 Å². The largest absolute Gasteiger partial charge is 0.346 e. The zero-order chi connectivity index (χ0) is 16.6. The van der Waals surface area contributed by atoms with Gasteiger partial charge in [-0.25, -0.2) is 0 Å². The second-order valence-electron chi connectivity index (χ2n) is 7.17. The average molecular weight is 320 g/mol. The molecule has 3 heteroatoms. The summed E-state index contributed by atoms with van der Waals surface area (Å²) < 4.78 is 0. The predicted molar refractivity (Wildman–Crippen MR) is 95.7 cm³/mol. The highest BCUT2D eigenvalue weighted by atomic mass is 16.1. The number of nitrogens with zero attached hydrogens (tertiary/aromatic N) is 1. The van der Waals surface area contributed by atoms with Gasteiger partial charge in [-0.2, -0.15) is 0 Å². The molecule has 0 saturated carbocycles. The first-order chi connectivity index (χ1) is 11.7. The Balaban J connectivity index is 1.52. The summed E-state index contributed by atoms with van der Waals surface area (Å²) in [5.74, 6) is 0.168. The second kappa shape index (κ2) is 6.06. The van der Waals surface area contributed by atoms with Gasteiger partial charge in [0.15, 0.2) is 0 Å². The number of benzene rings is 2. The van der Waals surface area contributed by atoms with Crippen molar-refractivity contribution in [2.24, 2.45) is 0 Å². The molecular weight excluding hydrogens is 296 g/mol. The number of amides is 1. The summed E-state index contributed by atoms with van der Waals surface area (Å²) in [6.07, 6.45) is 2.49. The number of fused-ring (bicyclic) bond motifs is 2. The van der Waals surface area contributed by atoms with Gasteiger partial charge in [-0.3, -0.25) is 9.69 Å².